The van der Waals surface area contributed by atoms with Gasteiger partial charge in [0.25, 0.3) is 0 Å². The van der Waals surface area contributed by atoms with Gasteiger partial charge in [0.15, 0.2) is 0 Å². The summed E-state index contributed by atoms with van der Waals surface area (Å²) in [5, 5.41) is 1.49. The minimum atomic E-state index is -1.01. The van der Waals surface area contributed by atoms with Gasteiger partial charge in [0.1, 0.15) is 0 Å². The fraction of sp³-hybridized carbons (Fsp3) is 0.333. The van der Waals surface area contributed by atoms with Crippen LogP contribution in [0.5, 0.6) is 0 Å². The van der Waals surface area contributed by atoms with E-state index in [1.807, 2.05) is 39.0 Å². The molecule has 0 saturated heterocycles. The van der Waals surface area contributed by atoms with Crippen LogP contribution in [0.25, 0.3) is 0 Å². The van der Waals surface area contributed by atoms with Crippen molar-refractivity contribution in [3.8, 4) is 0 Å². The summed E-state index contributed by atoms with van der Waals surface area (Å²) in [4.78, 5) is 0. The topological polar surface area (TPSA) is 0 Å². The van der Waals surface area contributed by atoms with E-state index in [1.54, 1.807) is 0 Å². The summed E-state index contributed by atoms with van der Waals surface area (Å²) >= 11 is 2.03. The van der Waals surface area contributed by atoms with E-state index >= 15 is 0 Å². The molecule has 0 aliphatic heterocycles. The van der Waals surface area contributed by atoms with Crippen molar-refractivity contribution in [3.05, 3.63) is 62.6 Å². The molecule has 0 aromatic heterocycles. The molecular weight excluding hydrogens is 355 g/mol. The van der Waals surface area contributed by atoms with Gasteiger partial charge in [-0.15, -0.1) is 37.7 Å². The first kappa shape index (κ1) is 32.6. The van der Waals surface area contributed by atoms with E-state index in [1.165, 1.54) is 5.20 Å². The van der Waals surface area contributed by atoms with Crippen LogP contribution < -0.4 is 0 Å². The van der Waals surface area contributed by atoms with Crippen LogP contribution in [0.1, 0.15) is 12.8 Å². The van der Waals surface area contributed by atoms with Crippen molar-refractivity contribution in [1.29, 1.82) is 0 Å². The summed E-state index contributed by atoms with van der Waals surface area (Å²) in [5.74, 6) is 0. The zero-order valence-electron chi connectivity index (χ0n) is 13.3. The van der Waals surface area contributed by atoms with Crippen LogP contribution in [-0.4, -0.2) is 15.7 Å². The van der Waals surface area contributed by atoms with E-state index in [2.05, 4.69) is 50.0 Å². The van der Waals surface area contributed by atoms with Crippen molar-refractivity contribution in [3.63, 3.8) is 0 Å². The Kier molecular flexibility index (Phi) is 32.1. The van der Waals surface area contributed by atoms with Gasteiger partial charge in [0.05, 0.1) is 0 Å². The van der Waals surface area contributed by atoms with Gasteiger partial charge in [-0.2, -0.15) is 12.2 Å². The Morgan fingerprint density at radius 2 is 1.60 bits per heavy atom. The molecule has 0 bridgehead atoms. The Morgan fingerprint density at radius 1 is 1.05 bits per heavy atom. The molecule has 0 aromatic rings. The molecule has 0 fully saturated rings. The van der Waals surface area contributed by atoms with E-state index in [0.717, 1.165) is 12.8 Å². The SMILES string of the molecule is C[Si](C)(C)C1=[C-]CC=C1.Cl.Cl.[C-]1=CC=CC1.[CH3-].[CH3-].[SiH2]=[Ti]. The maximum absolute atomic E-state index is 3.36. The van der Waals surface area contributed by atoms with Crippen molar-refractivity contribution in [2.45, 2.75) is 32.5 Å². The van der Waals surface area contributed by atoms with Gasteiger partial charge in [-0.1, -0.05) is 19.6 Å². The van der Waals surface area contributed by atoms with Crippen LogP contribution in [0.2, 0.25) is 19.6 Å². The number of halogens is 2. The first-order valence-corrected chi connectivity index (χ1v) is 13.0. The predicted octanol–water partition coefficient (Wildman–Crippen LogP) is 4.68. The Labute approximate surface area is 154 Å². The van der Waals surface area contributed by atoms with Crippen molar-refractivity contribution in [2.75, 3.05) is 0 Å². The molecule has 0 amide bonds. The molecular formula is C15H28Cl2Si2Ti-4. The van der Waals surface area contributed by atoms with Gasteiger partial charge >= 0.3 is 26.8 Å². The quantitative estimate of drug-likeness (QED) is 0.456. The minimum absolute atomic E-state index is 0. The molecule has 20 heavy (non-hydrogen) atoms. The van der Waals surface area contributed by atoms with Crippen LogP contribution in [0.4, 0.5) is 0 Å². The van der Waals surface area contributed by atoms with E-state index in [-0.39, 0.29) is 39.7 Å². The molecule has 2 aliphatic rings. The fourth-order valence-corrected chi connectivity index (χ4v) is 2.51. The van der Waals surface area contributed by atoms with Gasteiger partial charge < -0.3 is 14.9 Å². The van der Waals surface area contributed by atoms with Gasteiger partial charge in [-0.3, -0.25) is 12.2 Å². The van der Waals surface area contributed by atoms with Crippen LogP contribution in [0.15, 0.2) is 35.6 Å². The number of allylic oxidation sites excluding steroid dienone is 8. The van der Waals surface area contributed by atoms with Crippen molar-refractivity contribution >= 4 is 40.5 Å². The molecule has 0 heterocycles. The van der Waals surface area contributed by atoms with Crippen molar-refractivity contribution in [2.24, 2.45) is 0 Å². The Morgan fingerprint density at radius 3 is 1.75 bits per heavy atom. The second kappa shape index (κ2) is 19.7. The monoisotopic (exact) mass is 382 g/mol. The molecule has 0 unspecified atom stereocenters. The predicted molar refractivity (Wildman–Crippen MR) is 101 cm³/mol. The molecule has 0 aromatic carbocycles. The summed E-state index contributed by atoms with van der Waals surface area (Å²) < 4.78 is 0. The molecule has 118 valence electrons. The molecule has 0 radical (unpaired) electrons. The molecule has 2 aliphatic carbocycles. The second-order valence-corrected chi connectivity index (χ2v) is 9.49. The van der Waals surface area contributed by atoms with Crippen molar-refractivity contribution in [1.82, 2.24) is 0 Å². The maximum atomic E-state index is 3.36. The fourth-order valence-electron chi connectivity index (χ4n) is 1.26. The van der Waals surface area contributed by atoms with Crippen LogP contribution in [0, 0.1) is 27.0 Å². The average Bonchev–Trinajstić information content (AvgIpc) is 2.96. The van der Waals surface area contributed by atoms with Gasteiger partial charge in [0.2, 0.25) is 0 Å². The molecule has 0 spiro atoms. The molecule has 0 nitrogen and oxygen atoms in total. The Hall–Kier alpha value is 0.688. The third-order valence-corrected chi connectivity index (χ3v) is 4.05. The van der Waals surface area contributed by atoms with Crippen LogP contribution in [0.3, 0.4) is 0 Å². The molecule has 0 saturated carbocycles. The summed E-state index contributed by atoms with van der Waals surface area (Å²) in [6.45, 7) is 7.06. The number of hydrogen-bond acceptors (Lipinski definition) is 0. The Bertz CT molecular complexity index is 306. The summed E-state index contributed by atoms with van der Waals surface area (Å²) in [5.41, 5.74) is 0. The van der Waals surface area contributed by atoms with Crippen LogP contribution >= 0.6 is 24.8 Å². The molecule has 2 rings (SSSR count). The average molecular weight is 383 g/mol. The summed E-state index contributed by atoms with van der Waals surface area (Å²) in [7, 11) is 0.856. The summed E-state index contributed by atoms with van der Waals surface area (Å²) in [6, 6.07) is 0. The van der Waals surface area contributed by atoms with Crippen molar-refractivity contribution < 1.29 is 19.2 Å². The number of rotatable bonds is 1. The zero-order valence-corrected chi connectivity index (χ0v) is 18.9. The second-order valence-electron chi connectivity index (χ2n) is 4.45. The first-order valence-electron chi connectivity index (χ1n) is 5.45. The Balaban J connectivity index is -0.0000000604. The zero-order chi connectivity index (χ0) is 12.4. The third-order valence-electron chi connectivity index (χ3n) is 2.09. The van der Waals surface area contributed by atoms with E-state index < -0.39 is 8.07 Å². The number of hydrogen-bond donors (Lipinski definition) is 0. The third kappa shape index (κ3) is 16.7. The standard InChI is InChI=1S/C8H13Si.C5H5.2CH3.2ClH.H2Si.Ti/c1-9(2,3)8-6-4-5-7-8;1-2-4-5-3-1;;;;;;/h4,6H,5H2,1-3H3;1-3H,4H2;2*1H3;2*1H;1H2;/q4*-1;;;;. The molecule has 5 heteroatoms. The van der Waals surface area contributed by atoms with E-state index in [0.29, 0.717) is 0 Å². The molecule has 0 atom stereocenters. The first-order chi connectivity index (χ1) is 7.61. The normalized spacial score (nSPS) is 12.8. The summed E-state index contributed by atoms with van der Waals surface area (Å²) in [6.07, 6.45) is 18.8. The van der Waals surface area contributed by atoms with Gasteiger partial charge in [0, 0.05) is 8.07 Å². The van der Waals surface area contributed by atoms with Crippen LogP contribution in [-0.2, 0) is 19.2 Å². The van der Waals surface area contributed by atoms with E-state index in [4.69, 9.17) is 0 Å². The molecule has 0 N–H and O–H groups in total. The van der Waals surface area contributed by atoms with Gasteiger partial charge in [-0.05, 0) is 0 Å². The van der Waals surface area contributed by atoms with Gasteiger partial charge in [-0.25, -0.2) is 23.4 Å². The van der Waals surface area contributed by atoms with E-state index in [9.17, 15) is 0 Å².